The Hall–Kier alpha value is -1.06. The molecule has 1 aromatic rings. The van der Waals surface area contributed by atoms with E-state index in [2.05, 4.69) is 35.3 Å². The number of nitrogens with zero attached hydrogens (tertiary/aromatic N) is 1. The Kier molecular flexibility index (Phi) is 5.15. The Morgan fingerprint density at radius 1 is 1.19 bits per heavy atom. The van der Waals surface area contributed by atoms with Gasteiger partial charge >= 0.3 is 0 Å². The summed E-state index contributed by atoms with van der Waals surface area (Å²) in [6, 6.07) is 7.22. The molecule has 0 radical (unpaired) electrons. The molecule has 116 valence electrons. The number of ether oxygens (including phenoxy) is 1. The van der Waals surface area contributed by atoms with Gasteiger partial charge in [0.1, 0.15) is 12.4 Å². The predicted octanol–water partition coefficient (Wildman–Crippen LogP) is 3.11. The lowest BCUT2D eigenvalue weighted by Gasteiger charge is -2.26. The van der Waals surface area contributed by atoms with E-state index in [1.165, 1.54) is 56.3 Å². The highest BCUT2D eigenvalue weighted by Gasteiger charge is 2.21. The molecule has 1 aliphatic carbocycles. The highest BCUT2D eigenvalue weighted by molar-refractivity contribution is 5.40. The van der Waals surface area contributed by atoms with Crippen LogP contribution in [0.5, 0.6) is 5.75 Å². The Bertz CT molecular complexity index is 451. The van der Waals surface area contributed by atoms with Gasteiger partial charge in [0.25, 0.3) is 0 Å². The fourth-order valence-corrected chi connectivity index (χ4v) is 3.06. The maximum atomic E-state index is 6.14. The number of aryl methyl sites for hydroxylation is 1. The molecule has 3 rings (SSSR count). The van der Waals surface area contributed by atoms with Crippen LogP contribution in [0.4, 0.5) is 0 Å². The summed E-state index contributed by atoms with van der Waals surface area (Å²) in [6.45, 7) is 7.44. The molecule has 0 bridgehead atoms. The van der Waals surface area contributed by atoms with E-state index in [1.54, 1.807) is 0 Å². The van der Waals surface area contributed by atoms with Crippen LogP contribution in [0.1, 0.15) is 43.2 Å². The molecule has 3 nitrogen and oxygen atoms in total. The van der Waals surface area contributed by atoms with Gasteiger partial charge in [-0.15, -0.1) is 0 Å². The molecule has 2 fully saturated rings. The molecule has 3 heteroatoms. The van der Waals surface area contributed by atoms with Gasteiger partial charge in [0.15, 0.2) is 0 Å². The van der Waals surface area contributed by atoms with Crippen LogP contribution in [0.15, 0.2) is 18.2 Å². The average molecular weight is 288 g/mol. The third-order valence-electron chi connectivity index (χ3n) is 4.55. The first-order chi connectivity index (χ1) is 10.3. The summed E-state index contributed by atoms with van der Waals surface area (Å²) >= 11 is 0. The van der Waals surface area contributed by atoms with Gasteiger partial charge < -0.3 is 10.1 Å². The summed E-state index contributed by atoms with van der Waals surface area (Å²) in [5.74, 6) is 1.10. The second-order valence-corrected chi connectivity index (χ2v) is 6.47. The number of nitrogens with one attached hydrogen (secondary N) is 1. The fraction of sp³-hybridized carbons (Fsp3) is 0.667. The average Bonchev–Trinajstić information content (AvgIpc) is 3.33. The zero-order chi connectivity index (χ0) is 14.5. The van der Waals surface area contributed by atoms with Crippen LogP contribution >= 0.6 is 0 Å². The van der Waals surface area contributed by atoms with Crippen molar-refractivity contribution in [3.8, 4) is 5.75 Å². The lowest BCUT2D eigenvalue weighted by atomic mass is 10.1. The molecule has 0 amide bonds. The number of piperidine rings is 1. The van der Waals surface area contributed by atoms with Crippen molar-refractivity contribution >= 4 is 0 Å². The van der Waals surface area contributed by atoms with Gasteiger partial charge in [0.05, 0.1) is 0 Å². The van der Waals surface area contributed by atoms with Crippen LogP contribution in [-0.4, -0.2) is 37.2 Å². The molecule has 21 heavy (non-hydrogen) atoms. The lowest BCUT2D eigenvalue weighted by molar-refractivity contribution is 0.182. The van der Waals surface area contributed by atoms with Crippen molar-refractivity contribution in [2.75, 3.05) is 26.2 Å². The summed E-state index contributed by atoms with van der Waals surface area (Å²) in [7, 11) is 0. The molecule has 0 atom stereocenters. The smallest absolute Gasteiger partial charge is 0.126 e. The minimum Gasteiger partial charge on any atom is -0.492 e. The second-order valence-electron chi connectivity index (χ2n) is 6.47. The summed E-state index contributed by atoms with van der Waals surface area (Å²) in [5, 5.41) is 3.59. The van der Waals surface area contributed by atoms with E-state index in [9.17, 15) is 0 Å². The van der Waals surface area contributed by atoms with E-state index in [0.717, 1.165) is 31.5 Å². The van der Waals surface area contributed by atoms with Crippen LogP contribution in [0.25, 0.3) is 0 Å². The maximum absolute atomic E-state index is 6.14. The van der Waals surface area contributed by atoms with Gasteiger partial charge in [-0.25, -0.2) is 0 Å². The van der Waals surface area contributed by atoms with Gasteiger partial charge in [-0.2, -0.15) is 0 Å². The second kappa shape index (κ2) is 7.28. The maximum Gasteiger partial charge on any atom is 0.126 e. The van der Waals surface area contributed by atoms with E-state index in [0.29, 0.717) is 0 Å². The van der Waals surface area contributed by atoms with Crippen molar-refractivity contribution < 1.29 is 4.74 Å². The lowest BCUT2D eigenvalue weighted by Crippen LogP contribution is -2.33. The van der Waals surface area contributed by atoms with Gasteiger partial charge in [-0.05, 0) is 51.3 Å². The molecule has 0 aromatic heterocycles. The van der Waals surface area contributed by atoms with Gasteiger partial charge in [-0.1, -0.05) is 24.6 Å². The van der Waals surface area contributed by atoms with Crippen LogP contribution < -0.4 is 10.1 Å². The van der Waals surface area contributed by atoms with Crippen molar-refractivity contribution in [2.45, 2.75) is 51.6 Å². The molecular formula is C18H28N2O. The fourth-order valence-electron chi connectivity index (χ4n) is 3.06. The quantitative estimate of drug-likeness (QED) is 0.834. The molecule has 1 aliphatic heterocycles. The number of hydrogen-bond donors (Lipinski definition) is 1. The Labute approximate surface area is 128 Å². The number of para-hydroxylation sites is 1. The number of benzene rings is 1. The molecule has 1 saturated heterocycles. The predicted molar refractivity (Wildman–Crippen MR) is 86.8 cm³/mol. The van der Waals surface area contributed by atoms with Crippen LogP contribution in [0.2, 0.25) is 0 Å². The van der Waals surface area contributed by atoms with E-state index < -0.39 is 0 Å². The number of likely N-dealkylation sites (tertiary alicyclic amines) is 1. The SMILES string of the molecule is Cc1cccc(CNC2CC2)c1OCCN1CCCCC1. The first kappa shape index (κ1) is 14.9. The monoisotopic (exact) mass is 288 g/mol. The zero-order valence-electron chi connectivity index (χ0n) is 13.2. The van der Waals surface area contributed by atoms with E-state index in [-0.39, 0.29) is 0 Å². The third kappa shape index (κ3) is 4.45. The van der Waals surface area contributed by atoms with Crippen LogP contribution in [0.3, 0.4) is 0 Å². The summed E-state index contributed by atoms with van der Waals surface area (Å²) < 4.78 is 6.14. The minimum absolute atomic E-state index is 0.742. The van der Waals surface area contributed by atoms with E-state index in [4.69, 9.17) is 4.74 Å². The molecule has 1 saturated carbocycles. The number of rotatable bonds is 7. The normalized spacial score (nSPS) is 19.7. The Morgan fingerprint density at radius 3 is 2.76 bits per heavy atom. The van der Waals surface area contributed by atoms with Crippen LogP contribution in [0, 0.1) is 6.92 Å². The van der Waals surface area contributed by atoms with Gasteiger partial charge in [-0.3, -0.25) is 4.90 Å². The first-order valence-corrected chi connectivity index (χ1v) is 8.50. The van der Waals surface area contributed by atoms with Crippen molar-refractivity contribution in [1.29, 1.82) is 0 Å². The van der Waals surface area contributed by atoms with E-state index >= 15 is 0 Å². The molecule has 2 aliphatic rings. The number of hydrogen-bond acceptors (Lipinski definition) is 3. The van der Waals surface area contributed by atoms with Gasteiger partial charge in [0.2, 0.25) is 0 Å². The zero-order valence-corrected chi connectivity index (χ0v) is 13.2. The van der Waals surface area contributed by atoms with Crippen molar-refractivity contribution in [3.05, 3.63) is 29.3 Å². The highest BCUT2D eigenvalue weighted by Crippen LogP contribution is 2.25. The molecule has 1 N–H and O–H groups in total. The van der Waals surface area contributed by atoms with Crippen molar-refractivity contribution in [3.63, 3.8) is 0 Å². The van der Waals surface area contributed by atoms with Gasteiger partial charge in [0, 0.05) is 24.7 Å². The Morgan fingerprint density at radius 2 is 2.00 bits per heavy atom. The summed E-state index contributed by atoms with van der Waals surface area (Å²) in [6.07, 6.45) is 6.75. The summed E-state index contributed by atoms with van der Waals surface area (Å²) in [4.78, 5) is 2.53. The molecule has 0 unspecified atom stereocenters. The standard InChI is InChI=1S/C18H28N2O/c1-15-6-5-7-16(14-19-17-8-9-17)18(15)21-13-12-20-10-3-2-4-11-20/h5-7,17,19H,2-4,8-14H2,1H3. The first-order valence-electron chi connectivity index (χ1n) is 8.50. The molecular weight excluding hydrogens is 260 g/mol. The summed E-state index contributed by atoms with van der Waals surface area (Å²) in [5.41, 5.74) is 2.56. The topological polar surface area (TPSA) is 24.5 Å². The van der Waals surface area contributed by atoms with Crippen molar-refractivity contribution in [2.24, 2.45) is 0 Å². The third-order valence-corrected chi connectivity index (χ3v) is 4.55. The largest absolute Gasteiger partial charge is 0.492 e. The Balaban J connectivity index is 1.52. The highest BCUT2D eigenvalue weighted by atomic mass is 16.5. The van der Waals surface area contributed by atoms with Crippen molar-refractivity contribution in [1.82, 2.24) is 10.2 Å². The minimum atomic E-state index is 0.742. The molecule has 0 spiro atoms. The molecule has 1 heterocycles. The molecule has 1 aromatic carbocycles. The van der Waals surface area contributed by atoms with E-state index in [1.807, 2.05) is 0 Å². The van der Waals surface area contributed by atoms with Crippen LogP contribution in [-0.2, 0) is 6.54 Å².